The number of hydrogen-bond acceptors (Lipinski definition) is 2. The number of carbonyl (C=O) groups is 1. The molecule has 104 valence electrons. The van der Waals surface area contributed by atoms with Crippen LogP contribution < -0.4 is 0 Å². The summed E-state index contributed by atoms with van der Waals surface area (Å²) in [6.07, 6.45) is 0.579. The summed E-state index contributed by atoms with van der Waals surface area (Å²) < 4.78 is 2.16. The first-order valence-corrected chi connectivity index (χ1v) is 7.90. The lowest BCUT2D eigenvalue weighted by Crippen LogP contribution is -2.13. The van der Waals surface area contributed by atoms with Gasteiger partial charge in [-0.15, -0.1) is 0 Å². The molecule has 2 nitrogen and oxygen atoms in total. The summed E-state index contributed by atoms with van der Waals surface area (Å²) in [5.74, 6) is 0.168. The molecule has 0 amide bonds. The van der Waals surface area contributed by atoms with Gasteiger partial charge in [-0.05, 0) is 23.4 Å². The minimum atomic E-state index is 0.168. The second-order valence-electron chi connectivity index (χ2n) is 5.44. The van der Waals surface area contributed by atoms with Crippen molar-refractivity contribution in [1.29, 1.82) is 0 Å². The van der Waals surface area contributed by atoms with E-state index < -0.39 is 0 Å². The topological polar surface area (TPSA) is 22.0 Å². The molecule has 0 fully saturated rings. The molecule has 1 aliphatic rings. The molecule has 0 saturated heterocycles. The molecule has 2 heterocycles. The Labute approximate surface area is 127 Å². The number of hydrogen-bond donors (Lipinski definition) is 0. The van der Waals surface area contributed by atoms with Crippen LogP contribution in [0.3, 0.4) is 0 Å². The normalized spacial score (nSPS) is 18.0. The lowest BCUT2D eigenvalue weighted by atomic mass is 9.88. The molecule has 0 saturated carbocycles. The Kier molecular flexibility index (Phi) is 2.89. The summed E-state index contributed by atoms with van der Waals surface area (Å²) in [6.45, 7) is 0. The molecule has 1 aliphatic heterocycles. The van der Waals surface area contributed by atoms with E-state index in [1.807, 2.05) is 18.2 Å². The molecular weight excluding hydrogens is 278 g/mol. The molecular formula is C18H15NOS. The zero-order chi connectivity index (χ0) is 14.4. The summed E-state index contributed by atoms with van der Waals surface area (Å²) in [4.78, 5) is 12.2. The molecule has 3 aromatic rings. The van der Waals surface area contributed by atoms with Crippen LogP contribution >= 0.6 is 11.8 Å². The predicted octanol–water partition coefficient (Wildman–Crippen LogP) is 4.33. The summed E-state index contributed by atoms with van der Waals surface area (Å²) >= 11 is 1.39. The summed E-state index contributed by atoms with van der Waals surface area (Å²) in [5.41, 5.74) is 3.73. The van der Waals surface area contributed by atoms with Gasteiger partial charge >= 0.3 is 0 Å². The van der Waals surface area contributed by atoms with Gasteiger partial charge in [0.05, 0.1) is 5.03 Å². The molecule has 1 aromatic heterocycles. The third kappa shape index (κ3) is 1.92. The fourth-order valence-electron chi connectivity index (χ4n) is 3.25. The fourth-order valence-corrected chi connectivity index (χ4v) is 4.31. The second-order valence-corrected chi connectivity index (χ2v) is 6.48. The Morgan fingerprint density at radius 2 is 1.76 bits per heavy atom. The first kappa shape index (κ1) is 12.7. The van der Waals surface area contributed by atoms with Crippen LogP contribution in [0.25, 0.3) is 10.9 Å². The SMILES string of the molecule is Cn1c2c(c3ccccc31)[C@@H](c1ccccc1)CC(=O)S2. The molecule has 0 bridgehead atoms. The van der Waals surface area contributed by atoms with E-state index in [9.17, 15) is 4.79 Å². The predicted molar refractivity (Wildman–Crippen MR) is 86.7 cm³/mol. The quantitative estimate of drug-likeness (QED) is 0.666. The molecule has 3 heteroatoms. The molecule has 2 aromatic carbocycles. The van der Waals surface area contributed by atoms with Crippen molar-refractivity contribution in [2.24, 2.45) is 7.05 Å². The summed E-state index contributed by atoms with van der Waals surface area (Å²) in [6, 6.07) is 18.8. The first-order chi connectivity index (χ1) is 10.3. The van der Waals surface area contributed by atoms with Gasteiger partial charge in [0.25, 0.3) is 0 Å². The smallest absolute Gasteiger partial charge is 0.196 e. The monoisotopic (exact) mass is 293 g/mol. The highest BCUT2D eigenvalue weighted by molar-refractivity contribution is 8.13. The first-order valence-electron chi connectivity index (χ1n) is 7.08. The third-order valence-corrected chi connectivity index (χ3v) is 5.30. The number of benzene rings is 2. The number of nitrogens with zero attached hydrogens (tertiary/aromatic N) is 1. The van der Waals surface area contributed by atoms with Gasteiger partial charge in [0.1, 0.15) is 0 Å². The van der Waals surface area contributed by atoms with Crippen molar-refractivity contribution in [3.8, 4) is 0 Å². The van der Waals surface area contributed by atoms with E-state index in [0.29, 0.717) is 6.42 Å². The van der Waals surface area contributed by atoms with E-state index in [2.05, 4.69) is 48.0 Å². The van der Waals surface area contributed by atoms with Crippen LogP contribution in [-0.2, 0) is 11.8 Å². The van der Waals surface area contributed by atoms with Gasteiger partial charge in [-0.2, -0.15) is 0 Å². The zero-order valence-corrected chi connectivity index (χ0v) is 12.6. The molecule has 0 radical (unpaired) electrons. The van der Waals surface area contributed by atoms with Crippen LogP contribution in [0.1, 0.15) is 23.5 Å². The molecule has 0 unspecified atom stereocenters. The van der Waals surface area contributed by atoms with Crippen molar-refractivity contribution in [3.05, 3.63) is 65.7 Å². The third-order valence-electron chi connectivity index (χ3n) is 4.22. The van der Waals surface area contributed by atoms with Crippen molar-refractivity contribution in [3.63, 3.8) is 0 Å². The Morgan fingerprint density at radius 1 is 1.05 bits per heavy atom. The largest absolute Gasteiger partial charge is 0.338 e. The highest BCUT2D eigenvalue weighted by Gasteiger charge is 2.32. The maximum atomic E-state index is 12.2. The Bertz CT molecular complexity index is 835. The number of para-hydroxylation sites is 1. The van der Waals surface area contributed by atoms with E-state index in [-0.39, 0.29) is 11.0 Å². The van der Waals surface area contributed by atoms with Gasteiger partial charge in [0.2, 0.25) is 0 Å². The van der Waals surface area contributed by atoms with Gasteiger partial charge in [-0.3, -0.25) is 4.79 Å². The number of aromatic nitrogens is 1. The summed E-state index contributed by atoms with van der Waals surface area (Å²) in [7, 11) is 2.05. The highest BCUT2D eigenvalue weighted by Crippen LogP contribution is 2.46. The fraction of sp³-hybridized carbons (Fsp3) is 0.167. The van der Waals surface area contributed by atoms with Crippen LogP contribution in [0.5, 0.6) is 0 Å². The zero-order valence-electron chi connectivity index (χ0n) is 11.7. The van der Waals surface area contributed by atoms with Crippen LogP contribution in [-0.4, -0.2) is 9.68 Å². The minimum Gasteiger partial charge on any atom is -0.338 e. The average molecular weight is 293 g/mol. The van der Waals surface area contributed by atoms with E-state index in [4.69, 9.17) is 0 Å². The van der Waals surface area contributed by atoms with Crippen molar-refractivity contribution in [1.82, 2.24) is 4.57 Å². The van der Waals surface area contributed by atoms with Gasteiger partial charge in [-0.1, -0.05) is 48.5 Å². The van der Waals surface area contributed by atoms with Gasteiger partial charge < -0.3 is 4.57 Å². The molecule has 0 spiro atoms. The minimum absolute atomic E-state index is 0.168. The molecule has 21 heavy (non-hydrogen) atoms. The standard InChI is InChI=1S/C18H15NOS/c1-19-15-10-6-5-9-13(15)17-14(11-16(20)21-18(17)19)12-7-3-2-4-8-12/h2-10,14H,11H2,1H3/t14-/m1/s1. The molecule has 0 aliphatic carbocycles. The number of fused-ring (bicyclic) bond motifs is 3. The average Bonchev–Trinajstić information content (AvgIpc) is 2.81. The van der Waals surface area contributed by atoms with Gasteiger partial charge in [-0.25, -0.2) is 0 Å². The van der Waals surface area contributed by atoms with E-state index in [0.717, 1.165) is 5.03 Å². The van der Waals surface area contributed by atoms with Crippen LogP contribution in [0.15, 0.2) is 59.6 Å². The van der Waals surface area contributed by atoms with Crippen molar-refractivity contribution >= 4 is 27.8 Å². The highest BCUT2D eigenvalue weighted by atomic mass is 32.2. The van der Waals surface area contributed by atoms with E-state index in [1.165, 1.54) is 33.8 Å². The van der Waals surface area contributed by atoms with Crippen LogP contribution in [0, 0.1) is 0 Å². The van der Waals surface area contributed by atoms with Crippen molar-refractivity contribution in [2.45, 2.75) is 17.4 Å². The second kappa shape index (κ2) is 4.78. The molecule has 0 N–H and O–H groups in total. The van der Waals surface area contributed by atoms with E-state index >= 15 is 0 Å². The van der Waals surface area contributed by atoms with E-state index in [1.54, 1.807) is 0 Å². The van der Waals surface area contributed by atoms with Crippen molar-refractivity contribution in [2.75, 3.05) is 0 Å². The molecule has 1 atom stereocenters. The van der Waals surface area contributed by atoms with Crippen LogP contribution in [0.4, 0.5) is 0 Å². The maximum absolute atomic E-state index is 12.2. The van der Waals surface area contributed by atoms with Crippen molar-refractivity contribution < 1.29 is 4.79 Å². The summed E-state index contributed by atoms with van der Waals surface area (Å²) in [5, 5.41) is 2.62. The Hall–Kier alpha value is -2.00. The Balaban J connectivity index is 2.02. The van der Waals surface area contributed by atoms with Gasteiger partial charge in [0, 0.05) is 35.9 Å². The Morgan fingerprint density at radius 3 is 2.57 bits per heavy atom. The number of thioether (sulfide) groups is 1. The lowest BCUT2D eigenvalue weighted by Gasteiger charge is -2.23. The number of rotatable bonds is 1. The van der Waals surface area contributed by atoms with Gasteiger partial charge in [0.15, 0.2) is 5.12 Å². The lowest BCUT2D eigenvalue weighted by molar-refractivity contribution is -0.111. The van der Waals surface area contributed by atoms with Crippen LogP contribution in [0.2, 0.25) is 0 Å². The number of aryl methyl sites for hydroxylation is 1. The maximum Gasteiger partial charge on any atom is 0.196 e. The molecule has 4 rings (SSSR count). The number of carbonyl (C=O) groups excluding carboxylic acids is 1.